The van der Waals surface area contributed by atoms with E-state index in [0.717, 1.165) is 0 Å². The zero-order valence-corrected chi connectivity index (χ0v) is 12.3. The number of nitrogens with one attached hydrogen (secondary N) is 2. The summed E-state index contributed by atoms with van der Waals surface area (Å²) in [5.74, 6) is -2.73. The Morgan fingerprint density at radius 2 is 1.91 bits per heavy atom. The van der Waals surface area contributed by atoms with Gasteiger partial charge in [-0.1, -0.05) is 0 Å². The lowest BCUT2D eigenvalue weighted by Crippen LogP contribution is -2.61. The summed E-state index contributed by atoms with van der Waals surface area (Å²) in [5.41, 5.74) is 0.430. The number of ether oxygens (including phenoxy) is 1. The fourth-order valence-corrected chi connectivity index (χ4v) is 1.90. The van der Waals surface area contributed by atoms with E-state index in [0.29, 0.717) is 5.56 Å². The molecule has 1 aromatic rings. The summed E-state index contributed by atoms with van der Waals surface area (Å²) in [4.78, 5) is 11.4. The van der Waals surface area contributed by atoms with E-state index in [4.69, 9.17) is 4.74 Å². The molecule has 2 N–H and O–H groups in total. The number of allylic oxidation sites excluding steroid dienone is 1. The third kappa shape index (κ3) is 3.19. The van der Waals surface area contributed by atoms with Crippen molar-refractivity contribution < 1.29 is 17.9 Å². The first-order chi connectivity index (χ1) is 10.3. The molecular weight excluding hydrogens is 299 g/mol. The predicted molar refractivity (Wildman–Crippen MR) is 73.9 cm³/mol. The van der Waals surface area contributed by atoms with Crippen molar-refractivity contribution in [2.24, 2.45) is 4.99 Å². The monoisotopic (exact) mass is 315 g/mol. The second kappa shape index (κ2) is 5.91. The molecule has 22 heavy (non-hydrogen) atoms. The lowest BCUT2D eigenvalue weighted by molar-refractivity contribution is -0.295. The van der Waals surface area contributed by atoms with Gasteiger partial charge in [-0.2, -0.15) is 13.2 Å². The van der Waals surface area contributed by atoms with E-state index in [1.807, 2.05) is 0 Å². The van der Waals surface area contributed by atoms with Gasteiger partial charge in [0.05, 0.1) is 11.8 Å². The Kier molecular flexibility index (Phi) is 4.36. The van der Waals surface area contributed by atoms with E-state index in [1.165, 1.54) is 45.7 Å². The average molecular weight is 315 g/mol. The van der Waals surface area contributed by atoms with Crippen LogP contribution in [0.25, 0.3) is 0 Å². The van der Waals surface area contributed by atoms with Crippen LogP contribution < -0.4 is 10.6 Å². The van der Waals surface area contributed by atoms with E-state index >= 15 is 0 Å². The maximum Gasteiger partial charge on any atom is 0.460 e. The molecule has 0 bridgehead atoms. The van der Waals surface area contributed by atoms with Crippen molar-refractivity contribution >= 4 is 5.71 Å². The van der Waals surface area contributed by atoms with Crippen molar-refractivity contribution in [1.82, 2.24) is 20.6 Å². The third-order valence-electron chi connectivity index (χ3n) is 2.78. The summed E-state index contributed by atoms with van der Waals surface area (Å²) in [5, 5.41) is 4.91. The number of hydrogen-bond donors (Lipinski definition) is 2. The van der Waals surface area contributed by atoms with Gasteiger partial charge >= 0.3 is 12.0 Å². The topological polar surface area (TPSA) is 71.4 Å². The normalized spacial score (nSPS) is 22.0. The van der Waals surface area contributed by atoms with Gasteiger partial charge in [-0.05, 0) is 13.8 Å². The molecule has 1 aliphatic heterocycles. The molecule has 120 valence electrons. The molecule has 6 nitrogen and oxygen atoms in total. The molecule has 0 radical (unpaired) electrons. The molecule has 9 heteroatoms. The van der Waals surface area contributed by atoms with E-state index in [2.05, 4.69) is 25.6 Å². The number of aliphatic imine (C=N–C) groups is 1. The lowest BCUT2D eigenvalue weighted by Gasteiger charge is -2.37. The standard InChI is InChI=1S/C13H16F3N5O/c1-8(2)22-13(12(14,15)16)20-10(4-11(17-3)21-13)9-5-18-7-19-6-9/h4-8,17,21H,1-3H3. The Morgan fingerprint density at radius 1 is 1.27 bits per heavy atom. The Hall–Kier alpha value is -2.16. The van der Waals surface area contributed by atoms with Crippen molar-refractivity contribution in [2.45, 2.75) is 32.0 Å². The van der Waals surface area contributed by atoms with E-state index in [1.54, 1.807) is 0 Å². The van der Waals surface area contributed by atoms with Gasteiger partial charge < -0.3 is 15.4 Å². The van der Waals surface area contributed by atoms with E-state index < -0.39 is 18.1 Å². The van der Waals surface area contributed by atoms with Crippen molar-refractivity contribution in [3.8, 4) is 0 Å². The molecule has 2 heterocycles. The maximum atomic E-state index is 13.6. The van der Waals surface area contributed by atoms with Crippen LogP contribution in [-0.4, -0.2) is 40.9 Å². The van der Waals surface area contributed by atoms with E-state index in [9.17, 15) is 13.2 Å². The first kappa shape index (κ1) is 16.2. The molecule has 0 saturated carbocycles. The molecule has 1 aromatic heterocycles. The average Bonchev–Trinajstić information content (AvgIpc) is 2.46. The number of aromatic nitrogens is 2. The van der Waals surface area contributed by atoms with Crippen LogP contribution in [0.1, 0.15) is 19.4 Å². The zero-order valence-electron chi connectivity index (χ0n) is 12.3. The number of rotatable bonds is 4. The minimum Gasteiger partial charge on any atom is -0.375 e. The van der Waals surface area contributed by atoms with Crippen LogP contribution >= 0.6 is 0 Å². The van der Waals surface area contributed by atoms with E-state index in [-0.39, 0.29) is 11.5 Å². The first-order valence-corrected chi connectivity index (χ1v) is 6.55. The zero-order chi connectivity index (χ0) is 16.4. The predicted octanol–water partition coefficient (Wildman–Crippen LogP) is 1.57. The van der Waals surface area contributed by atoms with Crippen LogP contribution in [0.15, 0.2) is 35.6 Å². The minimum atomic E-state index is -4.76. The second-order valence-corrected chi connectivity index (χ2v) is 4.87. The molecule has 0 fully saturated rings. The molecule has 1 aliphatic rings. The van der Waals surface area contributed by atoms with Crippen molar-refractivity contribution in [3.63, 3.8) is 0 Å². The molecule has 1 atom stereocenters. The molecule has 0 amide bonds. The highest BCUT2D eigenvalue weighted by Crippen LogP contribution is 2.36. The smallest absolute Gasteiger partial charge is 0.375 e. The molecule has 2 rings (SSSR count). The summed E-state index contributed by atoms with van der Waals surface area (Å²) < 4.78 is 45.8. The summed E-state index contributed by atoms with van der Waals surface area (Å²) in [6.07, 6.45) is 0.0490. The van der Waals surface area contributed by atoms with Crippen LogP contribution in [-0.2, 0) is 4.74 Å². The van der Waals surface area contributed by atoms with Crippen LogP contribution in [0.4, 0.5) is 13.2 Å². The molecule has 1 unspecified atom stereocenters. The van der Waals surface area contributed by atoms with Crippen molar-refractivity contribution in [2.75, 3.05) is 7.05 Å². The largest absolute Gasteiger partial charge is 0.460 e. The fraction of sp³-hybridized carbons (Fsp3) is 0.462. The van der Waals surface area contributed by atoms with Gasteiger partial charge in [0.25, 0.3) is 0 Å². The summed E-state index contributed by atoms with van der Waals surface area (Å²) >= 11 is 0. The summed E-state index contributed by atoms with van der Waals surface area (Å²) in [6, 6.07) is 0. The van der Waals surface area contributed by atoms with Gasteiger partial charge in [0.1, 0.15) is 12.1 Å². The number of hydrogen-bond acceptors (Lipinski definition) is 6. The molecule has 0 spiro atoms. The number of nitrogens with zero attached hydrogens (tertiary/aromatic N) is 3. The van der Waals surface area contributed by atoms with Gasteiger partial charge in [-0.3, -0.25) is 0 Å². The highest BCUT2D eigenvalue weighted by molar-refractivity contribution is 6.09. The third-order valence-corrected chi connectivity index (χ3v) is 2.78. The van der Waals surface area contributed by atoms with Crippen LogP contribution in [0.2, 0.25) is 0 Å². The molecule has 0 aliphatic carbocycles. The van der Waals surface area contributed by atoms with Crippen LogP contribution in [0, 0.1) is 0 Å². The molecule has 0 aromatic carbocycles. The quantitative estimate of drug-likeness (QED) is 0.882. The van der Waals surface area contributed by atoms with Gasteiger partial charge in [0.15, 0.2) is 0 Å². The van der Waals surface area contributed by atoms with Crippen molar-refractivity contribution in [3.05, 3.63) is 36.2 Å². The first-order valence-electron chi connectivity index (χ1n) is 6.55. The SMILES string of the molecule is CNC1=CC(c2cncnc2)=NC(OC(C)C)(C(F)(F)F)N1. The number of alkyl halides is 3. The van der Waals surface area contributed by atoms with Crippen LogP contribution in [0.3, 0.4) is 0 Å². The summed E-state index contributed by atoms with van der Waals surface area (Å²) in [6.45, 7) is 3.01. The van der Waals surface area contributed by atoms with Gasteiger partial charge in [-0.15, -0.1) is 0 Å². The second-order valence-electron chi connectivity index (χ2n) is 4.87. The summed E-state index contributed by atoms with van der Waals surface area (Å²) in [7, 11) is 1.50. The minimum absolute atomic E-state index is 0.0710. The Morgan fingerprint density at radius 3 is 2.41 bits per heavy atom. The Balaban J connectivity index is 2.55. The molecule has 0 saturated heterocycles. The maximum absolute atomic E-state index is 13.6. The lowest BCUT2D eigenvalue weighted by atomic mass is 10.1. The van der Waals surface area contributed by atoms with Gasteiger partial charge in [-0.25, -0.2) is 15.0 Å². The fourth-order valence-electron chi connectivity index (χ4n) is 1.90. The van der Waals surface area contributed by atoms with Gasteiger partial charge in [0.2, 0.25) is 0 Å². The number of halogens is 3. The van der Waals surface area contributed by atoms with Crippen LogP contribution in [0.5, 0.6) is 0 Å². The highest BCUT2D eigenvalue weighted by atomic mass is 19.4. The Bertz CT molecular complexity index is 585. The van der Waals surface area contributed by atoms with Gasteiger partial charge in [0, 0.05) is 31.1 Å². The molecular formula is C13H16F3N5O. The van der Waals surface area contributed by atoms with Crippen molar-refractivity contribution in [1.29, 1.82) is 0 Å². The highest BCUT2D eigenvalue weighted by Gasteiger charge is 2.59. The Labute approximate surface area is 125 Å².